The van der Waals surface area contributed by atoms with E-state index in [2.05, 4.69) is 182 Å². The van der Waals surface area contributed by atoms with Gasteiger partial charge in [-0.3, -0.25) is 0 Å². The zero-order valence-corrected chi connectivity index (χ0v) is 25.5. The molecule has 0 spiro atoms. The first-order valence-electron chi connectivity index (χ1n) is 15.9. The lowest BCUT2D eigenvalue weighted by molar-refractivity contribution is 0.666. The third-order valence-electron chi connectivity index (χ3n) is 9.73. The van der Waals surface area contributed by atoms with Gasteiger partial charge in [0.25, 0.3) is 0 Å². The van der Waals surface area contributed by atoms with Crippen molar-refractivity contribution in [3.05, 3.63) is 187 Å². The van der Waals surface area contributed by atoms with Crippen molar-refractivity contribution in [1.82, 2.24) is 0 Å². The zero-order chi connectivity index (χ0) is 30.7. The monoisotopic (exact) mass is 589 g/mol. The Morgan fingerprint density at radius 1 is 0.435 bits per heavy atom. The van der Waals surface area contributed by atoms with Crippen LogP contribution in [0, 0.1) is 0 Å². The van der Waals surface area contributed by atoms with Gasteiger partial charge in [0.2, 0.25) is 0 Å². The lowest BCUT2D eigenvalue weighted by Crippen LogP contribution is -2.23. The molecule has 8 aromatic rings. The SMILES string of the molecule is CC1(c2cc(N(c3ccccc3)c3ccc(-c4ccccc4)cc3)cc3oc4ccccc4c23)c2ccccc2-c2ccccc21. The van der Waals surface area contributed by atoms with E-state index in [4.69, 9.17) is 4.42 Å². The summed E-state index contributed by atoms with van der Waals surface area (Å²) in [5.41, 5.74) is 13.5. The summed E-state index contributed by atoms with van der Waals surface area (Å²) in [6.45, 7) is 2.39. The molecule has 1 aromatic heterocycles. The maximum Gasteiger partial charge on any atom is 0.137 e. The van der Waals surface area contributed by atoms with Crippen molar-refractivity contribution < 1.29 is 4.42 Å². The predicted octanol–water partition coefficient (Wildman–Crippen LogP) is 12.1. The van der Waals surface area contributed by atoms with Crippen molar-refractivity contribution in [3.63, 3.8) is 0 Å². The number of hydrogen-bond acceptors (Lipinski definition) is 2. The Kier molecular flexibility index (Phi) is 5.97. The van der Waals surface area contributed by atoms with Crippen LogP contribution in [0.25, 0.3) is 44.2 Å². The van der Waals surface area contributed by atoms with E-state index in [1.807, 2.05) is 0 Å². The summed E-state index contributed by atoms with van der Waals surface area (Å²) < 4.78 is 6.69. The predicted molar refractivity (Wildman–Crippen MR) is 191 cm³/mol. The fourth-order valence-corrected chi connectivity index (χ4v) is 7.56. The number of anilines is 3. The molecule has 0 bridgehead atoms. The van der Waals surface area contributed by atoms with E-state index in [-0.39, 0.29) is 0 Å². The molecule has 0 saturated carbocycles. The molecule has 0 N–H and O–H groups in total. The van der Waals surface area contributed by atoms with E-state index in [0.717, 1.165) is 33.6 Å². The van der Waals surface area contributed by atoms with Gasteiger partial charge in [0, 0.05) is 33.6 Å². The maximum absolute atomic E-state index is 6.69. The van der Waals surface area contributed by atoms with E-state index in [1.54, 1.807) is 0 Å². The van der Waals surface area contributed by atoms with Crippen LogP contribution >= 0.6 is 0 Å². The highest BCUT2D eigenvalue weighted by Crippen LogP contribution is 2.55. The fraction of sp³-hybridized carbons (Fsp3) is 0.0455. The van der Waals surface area contributed by atoms with Crippen LogP contribution in [-0.2, 0) is 5.41 Å². The van der Waals surface area contributed by atoms with Gasteiger partial charge in [-0.2, -0.15) is 0 Å². The van der Waals surface area contributed by atoms with E-state index in [1.165, 1.54) is 44.3 Å². The molecule has 0 atom stereocenters. The van der Waals surface area contributed by atoms with Gasteiger partial charge in [0.15, 0.2) is 0 Å². The van der Waals surface area contributed by atoms with Crippen molar-refractivity contribution in [2.75, 3.05) is 4.90 Å². The second kappa shape index (κ2) is 10.4. The lowest BCUT2D eigenvalue weighted by Gasteiger charge is -2.32. The van der Waals surface area contributed by atoms with Crippen molar-refractivity contribution in [2.45, 2.75) is 12.3 Å². The topological polar surface area (TPSA) is 16.4 Å². The Labute approximate surface area is 268 Å². The number of hydrogen-bond donors (Lipinski definition) is 0. The number of fused-ring (bicyclic) bond motifs is 6. The van der Waals surface area contributed by atoms with Crippen molar-refractivity contribution in [1.29, 1.82) is 0 Å². The number of rotatable bonds is 5. The summed E-state index contributed by atoms with van der Waals surface area (Å²) in [5, 5.41) is 2.31. The summed E-state index contributed by atoms with van der Waals surface area (Å²) in [6, 6.07) is 60.9. The average Bonchev–Trinajstić information content (AvgIpc) is 3.63. The summed E-state index contributed by atoms with van der Waals surface area (Å²) in [7, 11) is 0. The second-order valence-electron chi connectivity index (χ2n) is 12.3. The molecule has 0 saturated heterocycles. The number of benzene rings is 7. The first kappa shape index (κ1) is 26.5. The third-order valence-corrected chi connectivity index (χ3v) is 9.73. The first-order chi connectivity index (χ1) is 22.7. The second-order valence-corrected chi connectivity index (χ2v) is 12.3. The van der Waals surface area contributed by atoms with Crippen molar-refractivity contribution in [3.8, 4) is 22.3 Å². The van der Waals surface area contributed by atoms with Crippen LogP contribution in [0.15, 0.2) is 174 Å². The molecule has 0 aliphatic heterocycles. The normalized spacial score (nSPS) is 13.1. The molecule has 0 radical (unpaired) electrons. The van der Waals surface area contributed by atoms with Gasteiger partial charge in [-0.1, -0.05) is 127 Å². The number of nitrogens with zero attached hydrogens (tertiary/aromatic N) is 1. The minimum atomic E-state index is -0.395. The van der Waals surface area contributed by atoms with Crippen LogP contribution in [0.4, 0.5) is 17.1 Å². The summed E-state index contributed by atoms with van der Waals surface area (Å²) in [4.78, 5) is 2.35. The van der Waals surface area contributed by atoms with E-state index in [0.29, 0.717) is 0 Å². The molecule has 218 valence electrons. The molecule has 1 heterocycles. The molecular weight excluding hydrogens is 558 g/mol. The molecule has 9 rings (SSSR count). The summed E-state index contributed by atoms with van der Waals surface area (Å²) >= 11 is 0. The number of para-hydroxylation sites is 2. The van der Waals surface area contributed by atoms with Gasteiger partial charge < -0.3 is 9.32 Å². The fourth-order valence-electron chi connectivity index (χ4n) is 7.56. The van der Waals surface area contributed by atoms with E-state index < -0.39 is 5.41 Å². The van der Waals surface area contributed by atoms with Crippen LogP contribution in [0.2, 0.25) is 0 Å². The lowest BCUT2D eigenvalue weighted by atomic mass is 9.72. The van der Waals surface area contributed by atoms with Crippen LogP contribution < -0.4 is 4.90 Å². The Morgan fingerprint density at radius 2 is 0.978 bits per heavy atom. The van der Waals surface area contributed by atoms with Gasteiger partial charge in [-0.25, -0.2) is 0 Å². The van der Waals surface area contributed by atoms with Crippen LogP contribution in [0.5, 0.6) is 0 Å². The Hall–Kier alpha value is -5.86. The Balaban J connectivity index is 1.33. The molecule has 0 amide bonds. The molecule has 46 heavy (non-hydrogen) atoms. The minimum absolute atomic E-state index is 0.395. The smallest absolute Gasteiger partial charge is 0.137 e. The maximum atomic E-state index is 6.69. The third kappa shape index (κ3) is 3.97. The van der Waals surface area contributed by atoms with Gasteiger partial charge in [0.05, 0.1) is 5.69 Å². The van der Waals surface area contributed by atoms with Crippen molar-refractivity contribution in [2.24, 2.45) is 0 Å². The highest BCUT2D eigenvalue weighted by atomic mass is 16.3. The highest BCUT2D eigenvalue weighted by Gasteiger charge is 2.42. The first-order valence-corrected chi connectivity index (χ1v) is 15.9. The highest BCUT2D eigenvalue weighted by molar-refractivity contribution is 6.09. The molecule has 2 nitrogen and oxygen atoms in total. The molecule has 0 unspecified atom stereocenters. The zero-order valence-electron chi connectivity index (χ0n) is 25.5. The van der Waals surface area contributed by atoms with Gasteiger partial charge in [-0.05, 0) is 82.3 Å². The molecular formula is C44H31NO. The molecule has 0 fully saturated rings. The standard InChI is InChI=1S/C44H31NO/c1-44(38-21-11-8-18-35(38)36-19-9-12-22-39(36)44)40-28-34(29-42-43(40)37-20-10-13-23-41(37)46-42)45(32-16-6-3-7-17-32)33-26-24-31(25-27-33)30-14-4-2-5-15-30/h2-29H,1H3. The van der Waals surface area contributed by atoms with Crippen LogP contribution in [-0.4, -0.2) is 0 Å². The van der Waals surface area contributed by atoms with Gasteiger partial charge in [0.1, 0.15) is 11.2 Å². The Bertz CT molecular complexity index is 2320. The average molecular weight is 590 g/mol. The van der Waals surface area contributed by atoms with E-state index in [9.17, 15) is 0 Å². The van der Waals surface area contributed by atoms with Gasteiger partial charge >= 0.3 is 0 Å². The van der Waals surface area contributed by atoms with E-state index >= 15 is 0 Å². The largest absolute Gasteiger partial charge is 0.456 e. The van der Waals surface area contributed by atoms with Crippen molar-refractivity contribution >= 4 is 39.0 Å². The van der Waals surface area contributed by atoms with Crippen LogP contribution in [0.3, 0.4) is 0 Å². The van der Waals surface area contributed by atoms with Gasteiger partial charge in [-0.15, -0.1) is 0 Å². The van der Waals surface area contributed by atoms with Crippen LogP contribution in [0.1, 0.15) is 23.6 Å². The summed E-state index contributed by atoms with van der Waals surface area (Å²) in [6.07, 6.45) is 0. The Morgan fingerprint density at radius 3 is 1.67 bits per heavy atom. The molecule has 7 aromatic carbocycles. The summed E-state index contributed by atoms with van der Waals surface area (Å²) in [5.74, 6) is 0. The quantitative estimate of drug-likeness (QED) is 0.199. The molecule has 1 aliphatic carbocycles. The molecule has 1 aliphatic rings. The molecule has 2 heteroatoms. The number of furan rings is 1. The minimum Gasteiger partial charge on any atom is -0.456 e.